The Balaban J connectivity index is 1.44. The van der Waals surface area contributed by atoms with Gasteiger partial charge in [-0.2, -0.15) is 0 Å². The molecule has 0 N–H and O–H groups in total. The van der Waals surface area contributed by atoms with Gasteiger partial charge in [0.25, 0.3) is 0 Å². The van der Waals surface area contributed by atoms with Gasteiger partial charge >= 0.3 is 0 Å². The lowest BCUT2D eigenvalue weighted by atomic mass is 10.1. The number of rotatable bonds is 5. The standard InChI is InChI=1S/C19H18ClN3S/c1-23-18(17-11-16(17)14-7-3-2-4-8-14)21-22-19(23)24-12-13-6-5-9-15(20)10-13/h2-10,16-17H,11-12H2,1H3. The third kappa shape index (κ3) is 3.21. The van der Waals surface area contributed by atoms with Gasteiger partial charge in [-0.1, -0.05) is 65.8 Å². The second kappa shape index (κ2) is 6.61. The zero-order valence-corrected chi connectivity index (χ0v) is 15.0. The Hall–Kier alpha value is -1.78. The molecule has 5 heteroatoms. The molecule has 1 aliphatic carbocycles. The fraction of sp³-hybridized carbons (Fsp3) is 0.263. The minimum absolute atomic E-state index is 0.491. The number of nitrogens with zero attached hydrogens (tertiary/aromatic N) is 3. The monoisotopic (exact) mass is 355 g/mol. The molecular weight excluding hydrogens is 338 g/mol. The zero-order chi connectivity index (χ0) is 16.5. The smallest absolute Gasteiger partial charge is 0.191 e. The Bertz CT molecular complexity index is 847. The topological polar surface area (TPSA) is 30.7 Å². The van der Waals surface area contributed by atoms with Crippen molar-refractivity contribution in [2.75, 3.05) is 0 Å². The lowest BCUT2D eigenvalue weighted by Crippen LogP contribution is -1.98. The van der Waals surface area contributed by atoms with Crippen LogP contribution in [0.3, 0.4) is 0 Å². The van der Waals surface area contributed by atoms with E-state index in [1.165, 1.54) is 11.1 Å². The molecule has 0 aliphatic heterocycles. The average Bonchev–Trinajstić information content (AvgIpc) is 3.31. The Morgan fingerprint density at radius 1 is 1.08 bits per heavy atom. The van der Waals surface area contributed by atoms with Gasteiger partial charge in [0.1, 0.15) is 5.82 Å². The quantitative estimate of drug-likeness (QED) is 0.601. The first-order chi connectivity index (χ1) is 11.7. The number of aromatic nitrogens is 3. The van der Waals surface area contributed by atoms with E-state index in [9.17, 15) is 0 Å². The molecule has 1 heterocycles. The van der Waals surface area contributed by atoms with E-state index in [0.717, 1.165) is 28.2 Å². The fourth-order valence-corrected chi connectivity index (χ4v) is 4.17. The summed E-state index contributed by atoms with van der Waals surface area (Å²) in [5, 5.41) is 10.6. The van der Waals surface area contributed by atoms with Crippen molar-refractivity contribution in [2.24, 2.45) is 7.05 Å². The van der Waals surface area contributed by atoms with Crippen molar-refractivity contribution in [1.29, 1.82) is 0 Å². The summed E-state index contributed by atoms with van der Waals surface area (Å²) >= 11 is 7.75. The van der Waals surface area contributed by atoms with E-state index in [0.29, 0.717) is 11.8 Å². The molecular formula is C19H18ClN3S. The van der Waals surface area contributed by atoms with E-state index >= 15 is 0 Å². The molecule has 3 aromatic rings. The van der Waals surface area contributed by atoms with Crippen molar-refractivity contribution in [3.8, 4) is 0 Å². The van der Waals surface area contributed by atoms with Crippen molar-refractivity contribution in [2.45, 2.75) is 29.2 Å². The van der Waals surface area contributed by atoms with Crippen molar-refractivity contribution in [1.82, 2.24) is 14.8 Å². The van der Waals surface area contributed by atoms with E-state index in [1.807, 2.05) is 18.2 Å². The summed E-state index contributed by atoms with van der Waals surface area (Å²) in [5.74, 6) is 3.02. The Morgan fingerprint density at radius 2 is 1.92 bits per heavy atom. The molecule has 4 rings (SSSR count). The second-order valence-electron chi connectivity index (χ2n) is 6.18. The molecule has 2 atom stereocenters. The van der Waals surface area contributed by atoms with Gasteiger partial charge in [-0.15, -0.1) is 10.2 Å². The highest BCUT2D eigenvalue weighted by atomic mass is 35.5. The molecule has 0 amide bonds. The third-order valence-electron chi connectivity index (χ3n) is 4.48. The molecule has 1 aliphatic rings. The number of halogens is 1. The zero-order valence-electron chi connectivity index (χ0n) is 13.4. The summed E-state index contributed by atoms with van der Waals surface area (Å²) in [6.45, 7) is 0. The van der Waals surface area contributed by atoms with Gasteiger partial charge in [0.15, 0.2) is 5.16 Å². The van der Waals surface area contributed by atoms with E-state index in [4.69, 9.17) is 11.6 Å². The molecule has 2 unspecified atom stereocenters. The van der Waals surface area contributed by atoms with Gasteiger partial charge in [-0.25, -0.2) is 0 Å². The molecule has 1 saturated carbocycles. The molecule has 2 aromatic carbocycles. The van der Waals surface area contributed by atoms with Gasteiger partial charge in [0.2, 0.25) is 0 Å². The first kappa shape index (κ1) is 15.7. The number of hydrogen-bond acceptors (Lipinski definition) is 3. The fourth-order valence-electron chi connectivity index (χ4n) is 3.10. The van der Waals surface area contributed by atoms with Crippen molar-refractivity contribution >= 4 is 23.4 Å². The van der Waals surface area contributed by atoms with E-state index in [1.54, 1.807) is 11.8 Å². The van der Waals surface area contributed by atoms with Crippen LogP contribution in [0.5, 0.6) is 0 Å². The van der Waals surface area contributed by atoms with Crippen LogP contribution in [-0.2, 0) is 12.8 Å². The molecule has 0 radical (unpaired) electrons. The minimum atomic E-state index is 0.491. The van der Waals surface area contributed by atoms with Gasteiger partial charge in [0, 0.05) is 23.7 Å². The van der Waals surface area contributed by atoms with Crippen LogP contribution in [0, 0.1) is 0 Å². The third-order valence-corrected chi connectivity index (χ3v) is 5.80. The molecule has 3 nitrogen and oxygen atoms in total. The van der Waals surface area contributed by atoms with Crippen LogP contribution in [0.15, 0.2) is 59.8 Å². The van der Waals surface area contributed by atoms with Crippen LogP contribution in [0.2, 0.25) is 5.02 Å². The van der Waals surface area contributed by atoms with Crippen LogP contribution >= 0.6 is 23.4 Å². The lowest BCUT2D eigenvalue weighted by molar-refractivity contribution is 0.730. The second-order valence-corrected chi connectivity index (χ2v) is 7.56. The molecule has 0 spiro atoms. The van der Waals surface area contributed by atoms with Crippen LogP contribution in [-0.4, -0.2) is 14.8 Å². The molecule has 0 bridgehead atoms. The molecule has 1 aromatic heterocycles. The maximum Gasteiger partial charge on any atom is 0.191 e. The number of hydrogen-bond donors (Lipinski definition) is 0. The maximum atomic E-state index is 6.04. The van der Waals surface area contributed by atoms with Gasteiger partial charge in [-0.3, -0.25) is 0 Å². The summed E-state index contributed by atoms with van der Waals surface area (Å²) < 4.78 is 2.14. The molecule has 24 heavy (non-hydrogen) atoms. The van der Waals surface area contributed by atoms with E-state index < -0.39 is 0 Å². The lowest BCUT2D eigenvalue weighted by Gasteiger charge is -2.04. The predicted octanol–water partition coefficient (Wildman–Crippen LogP) is 5.03. The first-order valence-electron chi connectivity index (χ1n) is 8.04. The normalized spacial score (nSPS) is 19.4. The van der Waals surface area contributed by atoms with Gasteiger partial charge in [-0.05, 0) is 35.6 Å². The minimum Gasteiger partial charge on any atom is -0.309 e. The average molecular weight is 356 g/mol. The number of thioether (sulfide) groups is 1. The van der Waals surface area contributed by atoms with E-state index in [2.05, 4.69) is 58.2 Å². The summed E-state index contributed by atoms with van der Waals surface area (Å²) in [7, 11) is 2.07. The van der Waals surface area contributed by atoms with Crippen molar-refractivity contribution < 1.29 is 0 Å². The first-order valence-corrected chi connectivity index (χ1v) is 9.40. The highest BCUT2D eigenvalue weighted by molar-refractivity contribution is 7.98. The maximum absolute atomic E-state index is 6.04. The summed E-state index contributed by atoms with van der Waals surface area (Å²) in [6, 6.07) is 18.6. The van der Waals surface area contributed by atoms with Crippen molar-refractivity contribution in [3.63, 3.8) is 0 Å². The number of benzene rings is 2. The molecule has 122 valence electrons. The van der Waals surface area contributed by atoms with E-state index in [-0.39, 0.29) is 0 Å². The van der Waals surface area contributed by atoms with Crippen molar-refractivity contribution in [3.05, 3.63) is 76.6 Å². The van der Waals surface area contributed by atoms with Gasteiger partial charge < -0.3 is 4.57 Å². The highest BCUT2D eigenvalue weighted by Crippen LogP contribution is 2.54. The SMILES string of the molecule is Cn1c(SCc2cccc(Cl)c2)nnc1C1CC1c1ccccc1. The van der Waals surface area contributed by atoms with Crippen LogP contribution in [0.25, 0.3) is 0 Å². The summed E-state index contributed by atoms with van der Waals surface area (Å²) in [6.07, 6.45) is 1.16. The predicted molar refractivity (Wildman–Crippen MR) is 98.6 cm³/mol. The molecule has 1 fully saturated rings. The van der Waals surface area contributed by atoms with Crippen LogP contribution in [0.1, 0.15) is 35.2 Å². The highest BCUT2D eigenvalue weighted by Gasteiger charge is 2.42. The van der Waals surface area contributed by atoms with Crippen LogP contribution < -0.4 is 0 Å². The Labute approximate surface area is 151 Å². The molecule has 0 saturated heterocycles. The summed E-state index contributed by atoms with van der Waals surface area (Å²) in [4.78, 5) is 0. The Kier molecular flexibility index (Phi) is 4.33. The van der Waals surface area contributed by atoms with Crippen LogP contribution in [0.4, 0.5) is 0 Å². The Morgan fingerprint density at radius 3 is 2.71 bits per heavy atom. The largest absolute Gasteiger partial charge is 0.309 e. The summed E-state index contributed by atoms with van der Waals surface area (Å²) in [5.41, 5.74) is 2.60. The van der Waals surface area contributed by atoms with Gasteiger partial charge in [0.05, 0.1) is 0 Å².